The van der Waals surface area contributed by atoms with Gasteiger partial charge in [0.2, 0.25) is 5.75 Å². The van der Waals surface area contributed by atoms with Crippen molar-refractivity contribution in [3.8, 4) is 23.3 Å². The van der Waals surface area contributed by atoms with Crippen LogP contribution >= 0.6 is 0 Å². The van der Waals surface area contributed by atoms with Crippen LogP contribution in [-0.2, 0) is 19.4 Å². The van der Waals surface area contributed by atoms with Crippen LogP contribution in [0.5, 0.6) is 11.5 Å². The SMILES string of the molecule is CC(=O)Oc1ccc2c(C(C/C=C/C#CC(C)(C)C)S(=O)(=O)c3ccccc3)cc(=O)oc2c1OC(C)=O. The Morgan fingerprint density at radius 2 is 1.68 bits per heavy atom. The molecule has 3 rings (SSSR count). The number of hydrogen-bond donors (Lipinski definition) is 0. The summed E-state index contributed by atoms with van der Waals surface area (Å²) in [5.41, 5.74) is -1.19. The number of carbonyl (C=O) groups is 2. The van der Waals surface area contributed by atoms with E-state index in [1.54, 1.807) is 30.4 Å². The molecular formula is C29H28O8S. The molecule has 9 heteroatoms. The van der Waals surface area contributed by atoms with Crippen molar-refractivity contribution in [2.45, 2.75) is 51.2 Å². The van der Waals surface area contributed by atoms with Crippen molar-refractivity contribution in [1.29, 1.82) is 0 Å². The molecule has 0 amide bonds. The average molecular weight is 537 g/mol. The highest BCUT2D eigenvalue weighted by atomic mass is 32.2. The fourth-order valence-electron chi connectivity index (χ4n) is 3.65. The van der Waals surface area contributed by atoms with Crippen molar-refractivity contribution < 1.29 is 31.9 Å². The van der Waals surface area contributed by atoms with E-state index in [1.807, 2.05) is 20.8 Å². The minimum Gasteiger partial charge on any atom is -0.423 e. The van der Waals surface area contributed by atoms with E-state index in [2.05, 4.69) is 11.8 Å². The molecule has 0 aliphatic carbocycles. The predicted octanol–water partition coefficient (Wildman–Crippen LogP) is 5.15. The number of rotatable bonds is 7. The van der Waals surface area contributed by atoms with Gasteiger partial charge in [-0.2, -0.15) is 0 Å². The molecule has 1 atom stereocenters. The number of ether oxygens (including phenoxy) is 2. The van der Waals surface area contributed by atoms with Crippen molar-refractivity contribution in [3.63, 3.8) is 0 Å². The molecule has 1 heterocycles. The highest BCUT2D eigenvalue weighted by Gasteiger charge is 2.31. The minimum atomic E-state index is -4.02. The number of fused-ring (bicyclic) bond motifs is 1. The number of carbonyl (C=O) groups excluding carboxylic acids is 2. The lowest BCUT2D eigenvalue weighted by Gasteiger charge is -2.19. The van der Waals surface area contributed by atoms with E-state index in [-0.39, 0.29) is 44.8 Å². The van der Waals surface area contributed by atoms with Crippen LogP contribution in [0.4, 0.5) is 0 Å². The van der Waals surface area contributed by atoms with Gasteiger partial charge in [0.1, 0.15) is 0 Å². The second kappa shape index (κ2) is 11.5. The van der Waals surface area contributed by atoms with E-state index >= 15 is 0 Å². The van der Waals surface area contributed by atoms with Gasteiger partial charge in [-0.05, 0) is 63.1 Å². The third kappa shape index (κ3) is 6.99. The summed E-state index contributed by atoms with van der Waals surface area (Å²) in [5.74, 6) is 4.07. The van der Waals surface area contributed by atoms with E-state index in [9.17, 15) is 22.8 Å². The van der Waals surface area contributed by atoms with Crippen molar-refractivity contribution in [2.75, 3.05) is 0 Å². The normalized spacial score (nSPS) is 12.6. The monoisotopic (exact) mass is 536 g/mol. The molecule has 0 bridgehead atoms. The van der Waals surface area contributed by atoms with Crippen LogP contribution in [0.1, 0.15) is 51.9 Å². The summed E-state index contributed by atoms with van der Waals surface area (Å²) in [4.78, 5) is 36.2. The van der Waals surface area contributed by atoms with Crippen LogP contribution in [0.15, 0.2) is 74.8 Å². The molecule has 0 radical (unpaired) electrons. The molecule has 2 aromatic carbocycles. The largest absolute Gasteiger partial charge is 0.423 e. The molecule has 38 heavy (non-hydrogen) atoms. The Labute approximate surface area is 221 Å². The van der Waals surface area contributed by atoms with E-state index in [1.165, 1.54) is 24.3 Å². The second-order valence-electron chi connectivity index (χ2n) is 9.48. The molecule has 1 aromatic heterocycles. The zero-order chi connectivity index (χ0) is 28.1. The van der Waals surface area contributed by atoms with E-state index in [4.69, 9.17) is 13.9 Å². The molecule has 0 fully saturated rings. The first-order valence-electron chi connectivity index (χ1n) is 11.7. The maximum Gasteiger partial charge on any atom is 0.336 e. The van der Waals surface area contributed by atoms with Gasteiger partial charge in [0.15, 0.2) is 21.2 Å². The summed E-state index contributed by atoms with van der Waals surface area (Å²) >= 11 is 0. The topological polar surface area (TPSA) is 117 Å². The van der Waals surface area contributed by atoms with Gasteiger partial charge in [0.25, 0.3) is 0 Å². The van der Waals surface area contributed by atoms with Crippen LogP contribution in [0, 0.1) is 17.3 Å². The number of esters is 2. The van der Waals surface area contributed by atoms with Gasteiger partial charge in [-0.25, -0.2) is 13.2 Å². The van der Waals surface area contributed by atoms with Gasteiger partial charge in [-0.15, -0.1) is 0 Å². The summed E-state index contributed by atoms with van der Waals surface area (Å²) in [6.45, 7) is 8.15. The van der Waals surface area contributed by atoms with Crippen molar-refractivity contribution in [3.05, 3.63) is 76.7 Å². The maximum absolute atomic E-state index is 13.8. The van der Waals surface area contributed by atoms with Crippen LogP contribution in [-0.4, -0.2) is 20.4 Å². The fraction of sp³-hybridized carbons (Fsp3) is 0.276. The molecule has 0 aliphatic heterocycles. The Morgan fingerprint density at radius 1 is 1.03 bits per heavy atom. The number of allylic oxidation sites excluding steroid dienone is 2. The van der Waals surface area contributed by atoms with Crippen LogP contribution in [0.2, 0.25) is 0 Å². The second-order valence-corrected chi connectivity index (χ2v) is 11.6. The number of hydrogen-bond acceptors (Lipinski definition) is 8. The highest BCUT2D eigenvalue weighted by Crippen LogP contribution is 2.41. The van der Waals surface area contributed by atoms with E-state index in [0.29, 0.717) is 0 Å². The summed E-state index contributed by atoms with van der Waals surface area (Å²) < 4.78 is 43.4. The predicted molar refractivity (Wildman–Crippen MR) is 142 cm³/mol. The molecule has 1 unspecified atom stereocenters. The van der Waals surface area contributed by atoms with Crippen LogP contribution in [0.3, 0.4) is 0 Å². The molecule has 0 saturated carbocycles. The highest BCUT2D eigenvalue weighted by molar-refractivity contribution is 7.91. The van der Waals surface area contributed by atoms with Crippen molar-refractivity contribution in [2.24, 2.45) is 5.41 Å². The summed E-state index contributed by atoms with van der Waals surface area (Å²) in [7, 11) is -4.02. The Morgan fingerprint density at radius 3 is 2.29 bits per heavy atom. The first kappa shape index (κ1) is 28.4. The molecular weight excluding hydrogens is 508 g/mol. The fourth-order valence-corrected chi connectivity index (χ4v) is 5.41. The van der Waals surface area contributed by atoms with E-state index in [0.717, 1.165) is 19.9 Å². The molecule has 0 saturated heterocycles. The molecule has 8 nitrogen and oxygen atoms in total. The third-order valence-corrected chi connectivity index (χ3v) is 7.28. The molecule has 3 aromatic rings. The van der Waals surface area contributed by atoms with Gasteiger partial charge in [0, 0.05) is 30.7 Å². The lowest BCUT2D eigenvalue weighted by Crippen LogP contribution is -2.16. The summed E-state index contributed by atoms with van der Waals surface area (Å²) in [5, 5.41) is -1.01. The quantitative estimate of drug-likeness (QED) is 0.176. The lowest BCUT2D eigenvalue weighted by molar-refractivity contribution is -0.134. The average Bonchev–Trinajstić information content (AvgIpc) is 2.81. The van der Waals surface area contributed by atoms with Gasteiger partial charge in [-0.1, -0.05) is 36.1 Å². The van der Waals surface area contributed by atoms with Crippen LogP contribution < -0.4 is 15.1 Å². The van der Waals surface area contributed by atoms with Gasteiger partial charge < -0.3 is 13.9 Å². The van der Waals surface area contributed by atoms with Gasteiger partial charge in [0.05, 0.1) is 10.1 Å². The maximum atomic E-state index is 13.8. The first-order valence-corrected chi connectivity index (χ1v) is 13.3. The smallest absolute Gasteiger partial charge is 0.336 e. The number of benzene rings is 2. The molecule has 0 aliphatic rings. The van der Waals surface area contributed by atoms with Gasteiger partial charge >= 0.3 is 17.6 Å². The molecule has 0 N–H and O–H groups in total. The Kier molecular flexibility index (Phi) is 8.59. The van der Waals surface area contributed by atoms with E-state index < -0.39 is 32.7 Å². The number of sulfone groups is 1. The zero-order valence-corrected chi connectivity index (χ0v) is 22.5. The van der Waals surface area contributed by atoms with Crippen molar-refractivity contribution >= 4 is 32.7 Å². The Hall–Kier alpha value is -4.16. The summed E-state index contributed by atoms with van der Waals surface area (Å²) in [6.07, 6.45) is 3.20. The molecule has 0 spiro atoms. The third-order valence-electron chi connectivity index (χ3n) is 5.15. The van der Waals surface area contributed by atoms with Crippen molar-refractivity contribution in [1.82, 2.24) is 0 Å². The first-order chi connectivity index (χ1) is 17.8. The Bertz CT molecular complexity index is 1610. The Balaban J connectivity index is 2.28. The van der Waals surface area contributed by atoms with Crippen LogP contribution in [0.25, 0.3) is 11.0 Å². The van der Waals surface area contributed by atoms with Gasteiger partial charge in [-0.3, -0.25) is 9.59 Å². The minimum absolute atomic E-state index is 0.0107. The standard InChI is InChI=1S/C29H28O8S/c1-19(30)35-24-16-15-22-23(18-26(32)37-27(22)28(24)36-20(2)31)25(14-10-7-11-17-29(3,4)5)38(33,34)21-12-8-6-9-13-21/h6-10,12-13,15-16,18,25H,14H2,1-5H3/b10-7+. The summed E-state index contributed by atoms with van der Waals surface area (Å²) in [6, 6.07) is 11.8. The zero-order valence-electron chi connectivity index (χ0n) is 21.7. The molecule has 198 valence electrons. The lowest BCUT2D eigenvalue weighted by atomic mass is 9.98.